The molecule has 0 fully saturated rings. The maximum atomic E-state index is 11.1. The maximum Gasteiger partial charge on any atom is 0.416 e. The molecule has 0 saturated heterocycles. The Bertz CT molecular complexity index is 674. The Kier molecular flexibility index (Phi) is 3.88. The van der Waals surface area contributed by atoms with Gasteiger partial charge in [-0.2, -0.15) is 0 Å². The van der Waals surface area contributed by atoms with Crippen molar-refractivity contribution in [3.05, 3.63) is 35.5 Å². The summed E-state index contributed by atoms with van der Waals surface area (Å²) < 4.78 is 1.22. The molecule has 0 unspecified atom stereocenters. The van der Waals surface area contributed by atoms with E-state index in [1.165, 1.54) is 4.57 Å². The number of aliphatic hydroxyl groups excluding tert-OH is 1. The van der Waals surface area contributed by atoms with Gasteiger partial charge in [0.1, 0.15) is 0 Å². The largest absolute Gasteiger partial charge is 0.464 e. The van der Waals surface area contributed by atoms with Gasteiger partial charge in [-0.1, -0.05) is 11.8 Å². The summed E-state index contributed by atoms with van der Waals surface area (Å²) in [5.41, 5.74) is 2.44. The number of carbonyl (C=O) groups is 1. The second kappa shape index (κ2) is 5.59. The third-order valence-corrected chi connectivity index (χ3v) is 2.90. The molecule has 0 aliphatic heterocycles. The summed E-state index contributed by atoms with van der Waals surface area (Å²) in [6.07, 6.45) is 1.95. The van der Waals surface area contributed by atoms with E-state index in [2.05, 4.69) is 11.8 Å². The van der Waals surface area contributed by atoms with Crippen LogP contribution in [-0.2, 0) is 0 Å². The first-order valence-corrected chi connectivity index (χ1v) is 6.08. The molecule has 0 saturated carbocycles. The Hall–Kier alpha value is -2.25. The molecule has 0 aliphatic rings. The molecule has 0 aliphatic carbocycles. The van der Waals surface area contributed by atoms with Gasteiger partial charge in [-0.25, -0.2) is 4.79 Å². The summed E-state index contributed by atoms with van der Waals surface area (Å²) >= 11 is 0. The molecule has 1 aromatic carbocycles. The SMILES string of the molecule is Cc1cn(C(=O)O)c2ccc(C#CCCCO)cc12. The van der Waals surface area contributed by atoms with Gasteiger partial charge in [0.2, 0.25) is 0 Å². The number of aliphatic hydroxyl groups is 1. The van der Waals surface area contributed by atoms with Crippen molar-refractivity contribution in [2.24, 2.45) is 0 Å². The van der Waals surface area contributed by atoms with Crippen molar-refractivity contribution in [3.8, 4) is 11.8 Å². The molecule has 0 spiro atoms. The van der Waals surface area contributed by atoms with Gasteiger partial charge in [-0.05, 0) is 37.1 Å². The number of rotatable bonds is 2. The van der Waals surface area contributed by atoms with E-state index in [1.807, 2.05) is 19.1 Å². The number of hydrogen-bond acceptors (Lipinski definition) is 2. The van der Waals surface area contributed by atoms with E-state index in [0.29, 0.717) is 18.4 Å². The van der Waals surface area contributed by atoms with E-state index in [9.17, 15) is 4.79 Å². The van der Waals surface area contributed by atoms with Crippen LogP contribution in [0.25, 0.3) is 10.9 Å². The first-order valence-electron chi connectivity index (χ1n) is 6.08. The van der Waals surface area contributed by atoms with Crippen LogP contribution in [0.3, 0.4) is 0 Å². The molecule has 4 nitrogen and oxygen atoms in total. The van der Waals surface area contributed by atoms with Gasteiger partial charge in [0, 0.05) is 30.2 Å². The van der Waals surface area contributed by atoms with Crippen molar-refractivity contribution >= 4 is 17.0 Å². The van der Waals surface area contributed by atoms with Crippen LogP contribution in [0.2, 0.25) is 0 Å². The number of aromatic nitrogens is 1. The summed E-state index contributed by atoms with van der Waals surface area (Å²) in [6, 6.07) is 5.48. The number of unbranched alkanes of at least 4 members (excludes halogenated alkanes) is 1. The highest BCUT2D eigenvalue weighted by atomic mass is 16.4. The van der Waals surface area contributed by atoms with Crippen molar-refractivity contribution in [2.75, 3.05) is 6.61 Å². The fourth-order valence-corrected chi connectivity index (χ4v) is 1.96. The Labute approximate surface area is 111 Å². The fraction of sp³-hybridized carbons (Fsp3) is 0.267. The number of hydrogen-bond donors (Lipinski definition) is 2. The number of carboxylic acid groups (broad SMARTS) is 1. The number of fused-ring (bicyclic) bond motifs is 1. The van der Waals surface area contributed by atoms with Crippen LogP contribution in [0.5, 0.6) is 0 Å². The van der Waals surface area contributed by atoms with Crippen molar-refractivity contribution in [2.45, 2.75) is 19.8 Å². The fourth-order valence-electron chi connectivity index (χ4n) is 1.96. The van der Waals surface area contributed by atoms with Crippen LogP contribution in [0, 0.1) is 18.8 Å². The standard InChI is InChI=1S/C15H15NO3/c1-11-10-16(15(18)19)14-7-6-12(9-13(11)14)5-3-2-4-8-17/h6-7,9-10,17H,2,4,8H2,1H3,(H,18,19). The summed E-state index contributed by atoms with van der Waals surface area (Å²) in [5, 5.41) is 18.6. The molecule has 1 aromatic heterocycles. The van der Waals surface area contributed by atoms with Crippen LogP contribution in [-0.4, -0.2) is 27.5 Å². The highest BCUT2D eigenvalue weighted by molar-refractivity contribution is 5.92. The van der Waals surface area contributed by atoms with E-state index in [4.69, 9.17) is 10.2 Å². The predicted molar refractivity (Wildman–Crippen MR) is 73.3 cm³/mol. The van der Waals surface area contributed by atoms with Gasteiger partial charge >= 0.3 is 6.09 Å². The molecule has 0 radical (unpaired) electrons. The highest BCUT2D eigenvalue weighted by Gasteiger charge is 2.09. The Morgan fingerprint density at radius 3 is 2.89 bits per heavy atom. The van der Waals surface area contributed by atoms with E-state index >= 15 is 0 Å². The van der Waals surface area contributed by atoms with E-state index in [1.54, 1.807) is 12.3 Å². The average molecular weight is 257 g/mol. The topological polar surface area (TPSA) is 62.5 Å². The number of nitrogens with zero attached hydrogens (tertiary/aromatic N) is 1. The molecule has 19 heavy (non-hydrogen) atoms. The van der Waals surface area contributed by atoms with E-state index in [0.717, 1.165) is 16.5 Å². The molecule has 2 N–H and O–H groups in total. The molecule has 0 bridgehead atoms. The monoisotopic (exact) mass is 257 g/mol. The van der Waals surface area contributed by atoms with Crippen LogP contribution in [0.15, 0.2) is 24.4 Å². The first-order chi connectivity index (χ1) is 9.13. The zero-order chi connectivity index (χ0) is 13.8. The molecule has 0 atom stereocenters. The third kappa shape index (κ3) is 2.78. The van der Waals surface area contributed by atoms with E-state index < -0.39 is 6.09 Å². The Balaban J connectivity index is 2.38. The van der Waals surface area contributed by atoms with Crippen LogP contribution in [0.1, 0.15) is 24.0 Å². The molecule has 1 heterocycles. The lowest BCUT2D eigenvalue weighted by Crippen LogP contribution is -2.05. The van der Waals surface area contributed by atoms with Gasteiger partial charge < -0.3 is 10.2 Å². The van der Waals surface area contributed by atoms with Crippen molar-refractivity contribution in [1.82, 2.24) is 4.57 Å². The minimum atomic E-state index is -0.986. The predicted octanol–water partition coefficient (Wildman–Crippen LogP) is 2.60. The molecule has 4 heteroatoms. The zero-order valence-electron chi connectivity index (χ0n) is 10.7. The van der Waals surface area contributed by atoms with E-state index in [-0.39, 0.29) is 6.61 Å². The van der Waals surface area contributed by atoms with Crippen molar-refractivity contribution in [3.63, 3.8) is 0 Å². The Morgan fingerprint density at radius 2 is 2.21 bits per heavy atom. The van der Waals surface area contributed by atoms with Gasteiger partial charge in [0.05, 0.1) is 5.52 Å². The highest BCUT2D eigenvalue weighted by Crippen LogP contribution is 2.21. The van der Waals surface area contributed by atoms with Gasteiger partial charge in [0.15, 0.2) is 0 Å². The average Bonchev–Trinajstić information content (AvgIpc) is 2.72. The second-order valence-electron chi connectivity index (χ2n) is 4.33. The normalized spacial score (nSPS) is 10.2. The lowest BCUT2D eigenvalue weighted by molar-refractivity contribution is 0.197. The number of benzene rings is 1. The third-order valence-electron chi connectivity index (χ3n) is 2.90. The zero-order valence-corrected chi connectivity index (χ0v) is 10.7. The molecule has 2 aromatic rings. The number of aryl methyl sites for hydroxylation is 1. The summed E-state index contributed by atoms with van der Waals surface area (Å²) in [6.45, 7) is 2.03. The van der Waals surface area contributed by atoms with Crippen LogP contribution < -0.4 is 0 Å². The minimum absolute atomic E-state index is 0.147. The quantitative estimate of drug-likeness (QED) is 0.642. The van der Waals surface area contributed by atoms with Crippen molar-refractivity contribution < 1.29 is 15.0 Å². The van der Waals surface area contributed by atoms with Gasteiger partial charge in [0.25, 0.3) is 0 Å². The second-order valence-corrected chi connectivity index (χ2v) is 4.33. The lowest BCUT2D eigenvalue weighted by atomic mass is 10.1. The summed E-state index contributed by atoms with van der Waals surface area (Å²) in [5.74, 6) is 6.00. The van der Waals surface area contributed by atoms with Crippen molar-refractivity contribution in [1.29, 1.82) is 0 Å². The van der Waals surface area contributed by atoms with Gasteiger partial charge in [-0.15, -0.1) is 0 Å². The van der Waals surface area contributed by atoms with Crippen LogP contribution >= 0.6 is 0 Å². The molecular formula is C15H15NO3. The van der Waals surface area contributed by atoms with Gasteiger partial charge in [-0.3, -0.25) is 4.57 Å². The minimum Gasteiger partial charge on any atom is -0.464 e. The molecule has 0 amide bonds. The smallest absolute Gasteiger partial charge is 0.416 e. The molecule has 98 valence electrons. The maximum absolute atomic E-state index is 11.1. The molecular weight excluding hydrogens is 242 g/mol. The lowest BCUT2D eigenvalue weighted by Gasteiger charge is -1.98. The summed E-state index contributed by atoms with van der Waals surface area (Å²) in [7, 11) is 0. The van der Waals surface area contributed by atoms with Crippen LogP contribution in [0.4, 0.5) is 4.79 Å². The first kappa shape index (κ1) is 13.2. The summed E-state index contributed by atoms with van der Waals surface area (Å²) in [4.78, 5) is 11.1. The Morgan fingerprint density at radius 1 is 1.42 bits per heavy atom. The molecule has 2 rings (SSSR count).